The van der Waals surface area contributed by atoms with Crippen LogP contribution in [0.25, 0.3) is 0 Å². The van der Waals surface area contributed by atoms with Gasteiger partial charge in [-0.15, -0.1) is 0 Å². The molecule has 1 aliphatic heterocycles. The summed E-state index contributed by atoms with van der Waals surface area (Å²) in [5.74, 6) is 2.29. The van der Waals surface area contributed by atoms with E-state index in [4.69, 9.17) is 14.5 Å². The lowest BCUT2D eigenvalue weighted by atomic mass is 10.2. The summed E-state index contributed by atoms with van der Waals surface area (Å²) in [4.78, 5) is 11.6. The second-order valence-electron chi connectivity index (χ2n) is 7.70. The van der Waals surface area contributed by atoms with Crippen molar-refractivity contribution in [3.8, 4) is 0 Å². The number of hydrogen-bond acceptors (Lipinski definition) is 7. The minimum Gasteiger partial charge on any atom is -0.378 e. The molecule has 0 radical (unpaired) electrons. The summed E-state index contributed by atoms with van der Waals surface area (Å²) >= 11 is 0. The Labute approximate surface area is 189 Å². The smallest absolute Gasteiger partial charge is 0.152 e. The Morgan fingerprint density at radius 1 is 1.06 bits per heavy atom. The molecule has 0 amide bonds. The minimum absolute atomic E-state index is 0.549. The van der Waals surface area contributed by atoms with Crippen LogP contribution in [0.4, 0.5) is 11.6 Å². The van der Waals surface area contributed by atoms with Crippen LogP contribution >= 0.6 is 0 Å². The van der Waals surface area contributed by atoms with E-state index in [2.05, 4.69) is 51.6 Å². The second-order valence-corrected chi connectivity index (χ2v) is 7.70. The number of anilines is 2. The van der Waals surface area contributed by atoms with Gasteiger partial charge in [-0.25, -0.2) is 9.97 Å². The summed E-state index contributed by atoms with van der Waals surface area (Å²) in [5.41, 5.74) is 6.46. The first-order valence-corrected chi connectivity index (χ1v) is 10.9. The lowest BCUT2D eigenvalue weighted by Crippen LogP contribution is -2.37. The van der Waals surface area contributed by atoms with Gasteiger partial charge < -0.3 is 14.4 Å². The van der Waals surface area contributed by atoms with E-state index in [-0.39, 0.29) is 0 Å². The summed E-state index contributed by atoms with van der Waals surface area (Å²) in [5, 5.41) is 4.38. The van der Waals surface area contributed by atoms with Gasteiger partial charge in [0.15, 0.2) is 5.82 Å². The van der Waals surface area contributed by atoms with Crippen LogP contribution in [0.1, 0.15) is 22.5 Å². The lowest BCUT2D eigenvalue weighted by Gasteiger charge is -2.28. The average molecular weight is 432 g/mol. The van der Waals surface area contributed by atoms with Gasteiger partial charge in [0.25, 0.3) is 0 Å². The molecule has 1 saturated heterocycles. The maximum absolute atomic E-state index is 5.84. The Balaban J connectivity index is 1.42. The van der Waals surface area contributed by atoms with Crippen molar-refractivity contribution in [3.05, 3.63) is 83.2 Å². The molecule has 1 aromatic heterocycles. The molecule has 2 aromatic carbocycles. The van der Waals surface area contributed by atoms with E-state index in [0.717, 1.165) is 35.9 Å². The molecule has 3 aromatic rings. The monoisotopic (exact) mass is 431 g/mol. The Hall–Kier alpha value is -3.29. The number of aromatic nitrogens is 2. The van der Waals surface area contributed by atoms with Gasteiger partial charge in [0, 0.05) is 25.6 Å². The maximum atomic E-state index is 5.84. The van der Waals surface area contributed by atoms with Crippen LogP contribution in [0.5, 0.6) is 0 Å². The normalized spacial score (nSPS) is 14.1. The highest BCUT2D eigenvalue weighted by Crippen LogP contribution is 2.18. The van der Waals surface area contributed by atoms with Crippen molar-refractivity contribution in [3.63, 3.8) is 0 Å². The number of benzene rings is 2. The summed E-state index contributed by atoms with van der Waals surface area (Å²) < 4.78 is 11.3. The fraction of sp³-hybridized carbons (Fsp3) is 0.320. The Morgan fingerprint density at radius 3 is 2.72 bits per heavy atom. The van der Waals surface area contributed by atoms with Gasteiger partial charge in [-0.2, -0.15) is 5.10 Å². The Morgan fingerprint density at radius 2 is 1.91 bits per heavy atom. The van der Waals surface area contributed by atoms with E-state index in [1.807, 2.05) is 36.4 Å². The van der Waals surface area contributed by atoms with Crippen LogP contribution in [-0.4, -0.2) is 49.1 Å². The van der Waals surface area contributed by atoms with Crippen molar-refractivity contribution >= 4 is 17.9 Å². The predicted octanol–water partition coefficient (Wildman–Crippen LogP) is 3.83. The van der Waals surface area contributed by atoms with Gasteiger partial charge >= 0.3 is 0 Å². The standard InChI is InChI=1S/C25H29N5O2/c1-20-6-5-9-22(16-20)18-26-29-24-17-25(30-11-14-31-15-12-30)28-23(27-24)10-13-32-19-21-7-3-2-4-8-21/h2-9,16-18H,10-15,19H2,1H3,(H,27,28,29)/b26-18+. The molecule has 1 N–H and O–H groups in total. The van der Waals surface area contributed by atoms with Crippen LogP contribution in [-0.2, 0) is 22.5 Å². The van der Waals surface area contributed by atoms with Gasteiger partial charge in [-0.1, -0.05) is 60.2 Å². The summed E-state index contributed by atoms with van der Waals surface area (Å²) in [7, 11) is 0. The van der Waals surface area contributed by atoms with E-state index in [1.165, 1.54) is 5.56 Å². The van der Waals surface area contributed by atoms with Crippen molar-refractivity contribution in [2.75, 3.05) is 43.2 Å². The number of ether oxygens (including phenoxy) is 2. The van der Waals surface area contributed by atoms with Crippen LogP contribution in [0.15, 0.2) is 65.8 Å². The summed E-state index contributed by atoms with van der Waals surface area (Å²) in [6.45, 7) is 6.22. The molecular formula is C25H29N5O2. The minimum atomic E-state index is 0.549. The van der Waals surface area contributed by atoms with Crippen LogP contribution in [0.3, 0.4) is 0 Å². The second kappa shape index (κ2) is 11.4. The third-order valence-corrected chi connectivity index (χ3v) is 5.11. The van der Waals surface area contributed by atoms with Crippen molar-refractivity contribution < 1.29 is 9.47 Å². The zero-order valence-corrected chi connectivity index (χ0v) is 18.4. The van der Waals surface area contributed by atoms with E-state index in [0.29, 0.717) is 38.7 Å². The zero-order valence-electron chi connectivity index (χ0n) is 18.4. The molecule has 0 aliphatic carbocycles. The number of aryl methyl sites for hydroxylation is 1. The number of nitrogens with zero attached hydrogens (tertiary/aromatic N) is 4. The Bertz CT molecular complexity index is 1020. The molecule has 166 valence electrons. The molecule has 1 aliphatic rings. The summed E-state index contributed by atoms with van der Waals surface area (Å²) in [6, 6.07) is 20.3. The number of morpholine rings is 1. The van der Waals surface area contributed by atoms with Crippen molar-refractivity contribution in [1.29, 1.82) is 0 Å². The molecule has 32 heavy (non-hydrogen) atoms. The van der Waals surface area contributed by atoms with Crippen LogP contribution < -0.4 is 10.3 Å². The molecule has 7 heteroatoms. The number of hydrazone groups is 1. The third kappa shape index (κ3) is 6.60. The third-order valence-electron chi connectivity index (χ3n) is 5.11. The van der Waals surface area contributed by atoms with Gasteiger partial charge in [-0.3, -0.25) is 5.43 Å². The predicted molar refractivity (Wildman–Crippen MR) is 127 cm³/mol. The van der Waals surface area contributed by atoms with E-state index < -0.39 is 0 Å². The SMILES string of the molecule is Cc1cccc(/C=N/Nc2cc(N3CCOCC3)nc(CCOCc3ccccc3)n2)c1. The molecule has 0 spiro atoms. The number of hydrogen-bond donors (Lipinski definition) is 1. The highest BCUT2D eigenvalue weighted by Gasteiger charge is 2.15. The molecule has 0 unspecified atom stereocenters. The maximum Gasteiger partial charge on any atom is 0.152 e. The lowest BCUT2D eigenvalue weighted by molar-refractivity contribution is 0.121. The fourth-order valence-electron chi connectivity index (χ4n) is 3.46. The molecule has 4 rings (SSSR count). The first-order chi connectivity index (χ1) is 15.8. The summed E-state index contributed by atoms with van der Waals surface area (Å²) in [6.07, 6.45) is 2.42. The highest BCUT2D eigenvalue weighted by atomic mass is 16.5. The molecule has 0 bridgehead atoms. The van der Waals surface area contributed by atoms with Gasteiger partial charge in [0.1, 0.15) is 11.6 Å². The van der Waals surface area contributed by atoms with Crippen molar-refractivity contribution in [2.24, 2.45) is 5.10 Å². The van der Waals surface area contributed by atoms with Gasteiger partial charge in [0.05, 0.1) is 32.6 Å². The number of rotatable bonds is 9. The molecule has 0 atom stereocenters. The van der Waals surface area contributed by atoms with Crippen LogP contribution in [0.2, 0.25) is 0 Å². The molecule has 0 saturated carbocycles. The molecule has 2 heterocycles. The largest absolute Gasteiger partial charge is 0.378 e. The average Bonchev–Trinajstić information content (AvgIpc) is 2.83. The highest BCUT2D eigenvalue weighted by molar-refractivity contribution is 5.80. The first kappa shape index (κ1) is 21.9. The molecule has 1 fully saturated rings. The van der Waals surface area contributed by atoms with Crippen molar-refractivity contribution in [1.82, 2.24) is 9.97 Å². The zero-order chi connectivity index (χ0) is 22.0. The van der Waals surface area contributed by atoms with Crippen LogP contribution in [0, 0.1) is 6.92 Å². The van der Waals surface area contributed by atoms with E-state index >= 15 is 0 Å². The van der Waals surface area contributed by atoms with Gasteiger partial charge in [-0.05, 0) is 18.1 Å². The quantitative estimate of drug-likeness (QED) is 0.315. The molecular weight excluding hydrogens is 402 g/mol. The fourth-order valence-corrected chi connectivity index (χ4v) is 3.46. The first-order valence-electron chi connectivity index (χ1n) is 10.9. The molecule has 7 nitrogen and oxygen atoms in total. The van der Waals surface area contributed by atoms with Gasteiger partial charge in [0.2, 0.25) is 0 Å². The number of nitrogens with one attached hydrogen (secondary N) is 1. The topological polar surface area (TPSA) is 71.9 Å². The van der Waals surface area contributed by atoms with E-state index in [1.54, 1.807) is 6.21 Å². The van der Waals surface area contributed by atoms with E-state index in [9.17, 15) is 0 Å². The van der Waals surface area contributed by atoms with Crippen molar-refractivity contribution in [2.45, 2.75) is 20.0 Å². The Kier molecular flexibility index (Phi) is 7.79.